The first-order valence-corrected chi connectivity index (χ1v) is 15.2. The van der Waals surface area contributed by atoms with Gasteiger partial charge in [-0.2, -0.15) is 0 Å². The summed E-state index contributed by atoms with van der Waals surface area (Å²) in [5.74, 6) is 0. The first-order chi connectivity index (χ1) is 16.7. The predicted molar refractivity (Wildman–Crippen MR) is 166 cm³/mol. The highest BCUT2D eigenvalue weighted by Crippen LogP contribution is 2.52. The minimum atomic E-state index is 0.137. The van der Waals surface area contributed by atoms with Gasteiger partial charge in [-0.05, 0) is 58.8 Å². The summed E-state index contributed by atoms with van der Waals surface area (Å²) in [6.07, 6.45) is 12.8. The molecule has 36 heavy (non-hydrogen) atoms. The van der Waals surface area contributed by atoms with E-state index in [-0.39, 0.29) is 16.2 Å². The maximum absolute atomic E-state index is 2.53. The lowest BCUT2D eigenvalue weighted by molar-refractivity contribution is 0.497. The second kappa shape index (κ2) is 8.57. The fraction of sp³-hybridized carbons (Fsp3) is 0.471. The molecule has 0 nitrogen and oxygen atoms in total. The van der Waals surface area contributed by atoms with Crippen molar-refractivity contribution in [2.45, 2.75) is 93.9 Å². The van der Waals surface area contributed by atoms with Gasteiger partial charge in [-0.25, -0.2) is 0 Å². The molecule has 0 unspecified atom stereocenters. The molecule has 0 saturated carbocycles. The first-order valence-electron chi connectivity index (χ1n) is 13.5. The van der Waals surface area contributed by atoms with Crippen LogP contribution in [0.2, 0.25) is 0 Å². The molecule has 3 aromatic rings. The van der Waals surface area contributed by atoms with Gasteiger partial charge in [-0.1, -0.05) is 105 Å². The maximum Gasteiger partial charge on any atom is 0.0434 e. The van der Waals surface area contributed by atoms with Crippen LogP contribution in [0.1, 0.15) is 103 Å². The summed E-state index contributed by atoms with van der Waals surface area (Å²) in [5, 5.41) is 2.94. The van der Waals surface area contributed by atoms with Crippen LogP contribution in [0.5, 0.6) is 0 Å². The Labute approximate surface area is 226 Å². The van der Waals surface area contributed by atoms with E-state index < -0.39 is 0 Å². The molecule has 2 heteroatoms. The largest absolute Gasteiger partial charge is 0.140 e. The van der Waals surface area contributed by atoms with E-state index in [9.17, 15) is 0 Å². The van der Waals surface area contributed by atoms with E-state index >= 15 is 0 Å². The quantitative estimate of drug-likeness (QED) is 0.326. The number of benzene rings is 1. The minimum Gasteiger partial charge on any atom is -0.140 e. The number of aryl methyl sites for hydroxylation is 1. The SMILES string of the molecule is CCc1cc2c(C3=CC=C(C(C)(C)C)C3)c3sc(C(C)(C)C)cc3c(C3=CC=C(C(C)(C)C)C3)c2s1. The van der Waals surface area contributed by atoms with Crippen molar-refractivity contribution in [3.63, 3.8) is 0 Å². The summed E-state index contributed by atoms with van der Waals surface area (Å²) in [6, 6.07) is 5.05. The molecule has 2 aliphatic carbocycles. The second-order valence-electron chi connectivity index (χ2n) is 13.8. The van der Waals surface area contributed by atoms with Crippen LogP contribution in [0, 0.1) is 10.8 Å². The van der Waals surface area contributed by atoms with E-state index in [0.29, 0.717) is 0 Å². The zero-order valence-corrected chi connectivity index (χ0v) is 25.5. The van der Waals surface area contributed by atoms with Crippen molar-refractivity contribution in [2.24, 2.45) is 10.8 Å². The third kappa shape index (κ3) is 4.39. The van der Waals surface area contributed by atoms with Crippen molar-refractivity contribution in [1.29, 1.82) is 0 Å². The van der Waals surface area contributed by atoms with Gasteiger partial charge in [-0.15, -0.1) is 22.7 Å². The highest BCUT2D eigenvalue weighted by Gasteiger charge is 2.30. The van der Waals surface area contributed by atoms with Crippen LogP contribution in [0.4, 0.5) is 0 Å². The molecule has 2 aromatic heterocycles. The van der Waals surface area contributed by atoms with Crippen molar-refractivity contribution < 1.29 is 0 Å². The van der Waals surface area contributed by atoms with Crippen molar-refractivity contribution in [3.8, 4) is 0 Å². The second-order valence-corrected chi connectivity index (χ2v) is 16.0. The zero-order valence-electron chi connectivity index (χ0n) is 23.9. The third-order valence-corrected chi connectivity index (χ3v) is 10.8. The molecule has 0 radical (unpaired) electrons. The van der Waals surface area contributed by atoms with Gasteiger partial charge in [0, 0.05) is 41.1 Å². The van der Waals surface area contributed by atoms with Gasteiger partial charge in [0.1, 0.15) is 0 Å². The topological polar surface area (TPSA) is 0 Å². The smallest absolute Gasteiger partial charge is 0.0434 e. The molecule has 0 amide bonds. The van der Waals surface area contributed by atoms with Gasteiger partial charge in [0.2, 0.25) is 0 Å². The van der Waals surface area contributed by atoms with E-state index in [1.807, 2.05) is 22.7 Å². The summed E-state index contributed by atoms with van der Waals surface area (Å²) in [4.78, 5) is 2.98. The Morgan fingerprint density at radius 3 is 1.50 bits per heavy atom. The van der Waals surface area contributed by atoms with Crippen molar-refractivity contribution in [2.75, 3.05) is 0 Å². The summed E-state index contributed by atoms with van der Waals surface area (Å²) in [7, 11) is 0. The highest BCUT2D eigenvalue weighted by atomic mass is 32.1. The van der Waals surface area contributed by atoms with E-state index in [0.717, 1.165) is 19.3 Å². The number of rotatable bonds is 3. The van der Waals surface area contributed by atoms with Crippen molar-refractivity contribution in [1.82, 2.24) is 0 Å². The van der Waals surface area contributed by atoms with Crippen LogP contribution >= 0.6 is 22.7 Å². The van der Waals surface area contributed by atoms with Crippen molar-refractivity contribution in [3.05, 3.63) is 68.5 Å². The third-order valence-electron chi connectivity index (χ3n) is 7.90. The van der Waals surface area contributed by atoms with Gasteiger partial charge in [0.15, 0.2) is 0 Å². The van der Waals surface area contributed by atoms with E-state index in [4.69, 9.17) is 0 Å². The molecule has 1 aromatic carbocycles. The maximum atomic E-state index is 2.53. The molecule has 2 aliphatic rings. The summed E-state index contributed by atoms with van der Waals surface area (Å²) < 4.78 is 2.98. The fourth-order valence-electron chi connectivity index (χ4n) is 5.42. The lowest BCUT2D eigenvalue weighted by Gasteiger charge is -2.22. The summed E-state index contributed by atoms with van der Waals surface area (Å²) in [5.41, 5.74) is 9.62. The Kier molecular flexibility index (Phi) is 6.12. The highest BCUT2D eigenvalue weighted by molar-refractivity contribution is 7.21. The molecule has 190 valence electrons. The van der Waals surface area contributed by atoms with Crippen LogP contribution in [-0.2, 0) is 11.8 Å². The molecule has 0 bridgehead atoms. The molecule has 0 fully saturated rings. The predicted octanol–water partition coefficient (Wildman–Crippen LogP) is 11.5. The Morgan fingerprint density at radius 2 is 1.08 bits per heavy atom. The van der Waals surface area contributed by atoms with Crippen molar-refractivity contribution >= 4 is 54.0 Å². The molecular formula is C34H42S2. The number of thiophene rings is 2. The van der Waals surface area contributed by atoms with Gasteiger partial charge in [0.05, 0.1) is 0 Å². The number of hydrogen-bond donors (Lipinski definition) is 0. The van der Waals surface area contributed by atoms with Crippen LogP contribution in [-0.4, -0.2) is 0 Å². The van der Waals surface area contributed by atoms with Crippen LogP contribution in [0.25, 0.3) is 31.3 Å². The Balaban J connectivity index is 1.78. The average molecular weight is 515 g/mol. The number of allylic oxidation sites excluding steroid dienone is 8. The van der Waals surface area contributed by atoms with Gasteiger partial charge >= 0.3 is 0 Å². The average Bonchev–Trinajstić information content (AvgIpc) is 3.55. The van der Waals surface area contributed by atoms with Crippen LogP contribution in [0.3, 0.4) is 0 Å². The Hall–Kier alpha value is -1.90. The Bertz CT molecular complexity index is 1380. The standard InChI is InChI=1S/C34H42S2/c1-11-24-18-25-28(20-12-14-22(16-20)32(2,3)4)31-26(19-27(36-31)34(8,9)10)29(30(25)35-24)21-13-15-23(17-21)33(5,6)7/h12-15,18-19H,11,16-17H2,1-10H3. The van der Waals surface area contributed by atoms with Crippen LogP contribution in [0.15, 0.2) is 47.6 Å². The number of hydrogen-bond acceptors (Lipinski definition) is 2. The lowest BCUT2D eigenvalue weighted by Crippen LogP contribution is -2.08. The molecule has 5 rings (SSSR count). The fourth-order valence-corrected chi connectivity index (χ4v) is 7.94. The Morgan fingerprint density at radius 1 is 0.611 bits per heavy atom. The molecule has 0 atom stereocenters. The summed E-state index contributed by atoms with van der Waals surface area (Å²) in [6.45, 7) is 23.4. The minimum absolute atomic E-state index is 0.137. The molecule has 0 saturated heterocycles. The van der Waals surface area contributed by atoms with Gasteiger partial charge in [-0.3, -0.25) is 0 Å². The molecule has 2 heterocycles. The molecule has 0 aliphatic heterocycles. The van der Waals surface area contributed by atoms with E-state index in [2.05, 4.69) is 106 Å². The molecular weight excluding hydrogens is 473 g/mol. The van der Waals surface area contributed by atoms with Gasteiger partial charge < -0.3 is 0 Å². The van der Waals surface area contributed by atoms with Crippen LogP contribution < -0.4 is 0 Å². The number of fused-ring (bicyclic) bond motifs is 2. The van der Waals surface area contributed by atoms with E-state index in [1.54, 1.807) is 11.1 Å². The summed E-state index contributed by atoms with van der Waals surface area (Å²) >= 11 is 4.06. The first kappa shape index (κ1) is 25.7. The lowest BCUT2D eigenvalue weighted by atomic mass is 9.82. The zero-order chi connectivity index (χ0) is 26.2. The monoisotopic (exact) mass is 514 g/mol. The van der Waals surface area contributed by atoms with E-state index in [1.165, 1.54) is 52.2 Å². The molecule has 0 spiro atoms. The normalized spacial score (nSPS) is 17.2. The van der Waals surface area contributed by atoms with Gasteiger partial charge in [0.25, 0.3) is 0 Å². The molecule has 0 N–H and O–H groups in total.